The number of anilines is 1. The lowest BCUT2D eigenvalue weighted by atomic mass is 10.1. The molecule has 2 aromatic carbocycles. The summed E-state index contributed by atoms with van der Waals surface area (Å²) < 4.78 is 5.61. The number of rotatable bonds is 7. The number of aryl methyl sites for hydroxylation is 1. The van der Waals surface area contributed by atoms with Gasteiger partial charge in [0, 0.05) is 18.3 Å². The number of carbonyl (C=O) groups is 3. The van der Waals surface area contributed by atoms with Gasteiger partial charge in [-0.05, 0) is 57.2 Å². The Kier molecular flexibility index (Phi) is 6.71. The summed E-state index contributed by atoms with van der Waals surface area (Å²) >= 11 is 0. The van der Waals surface area contributed by atoms with Gasteiger partial charge in [0.25, 0.3) is 5.91 Å². The Labute approximate surface area is 159 Å². The minimum Gasteiger partial charge on any atom is -0.481 e. The van der Waals surface area contributed by atoms with Gasteiger partial charge in [0.2, 0.25) is 5.91 Å². The van der Waals surface area contributed by atoms with Gasteiger partial charge >= 0.3 is 0 Å². The lowest BCUT2D eigenvalue weighted by molar-refractivity contribution is -0.139. The van der Waals surface area contributed by atoms with Gasteiger partial charge in [0.1, 0.15) is 5.75 Å². The number of Topliss-reactive ketones (excluding diaryl/α,β-unsaturated/α-hetero) is 1. The van der Waals surface area contributed by atoms with Crippen LogP contribution >= 0.6 is 0 Å². The molecule has 1 N–H and O–H groups in total. The first-order valence-electron chi connectivity index (χ1n) is 8.65. The monoisotopic (exact) mass is 368 g/mol. The molecule has 27 heavy (non-hydrogen) atoms. The van der Waals surface area contributed by atoms with Crippen LogP contribution in [-0.4, -0.2) is 42.2 Å². The number of hydrogen-bond donors (Lipinski definition) is 1. The normalized spacial score (nSPS) is 11.4. The Morgan fingerprint density at radius 3 is 2.19 bits per heavy atom. The van der Waals surface area contributed by atoms with Crippen LogP contribution < -0.4 is 10.1 Å². The highest BCUT2D eigenvalue weighted by Crippen LogP contribution is 2.15. The molecule has 0 saturated carbocycles. The zero-order valence-corrected chi connectivity index (χ0v) is 16.0. The molecule has 6 nitrogen and oxygen atoms in total. The van der Waals surface area contributed by atoms with Crippen molar-refractivity contribution in [1.82, 2.24) is 4.90 Å². The van der Waals surface area contributed by atoms with Crippen molar-refractivity contribution < 1.29 is 19.1 Å². The Hall–Kier alpha value is -3.15. The zero-order valence-electron chi connectivity index (χ0n) is 16.0. The van der Waals surface area contributed by atoms with Crippen molar-refractivity contribution in [3.8, 4) is 5.75 Å². The third kappa shape index (κ3) is 5.95. The molecular weight excluding hydrogens is 344 g/mol. The van der Waals surface area contributed by atoms with Gasteiger partial charge in [-0.3, -0.25) is 14.4 Å². The summed E-state index contributed by atoms with van der Waals surface area (Å²) in [5.74, 6) is -0.152. The van der Waals surface area contributed by atoms with Gasteiger partial charge in [-0.15, -0.1) is 0 Å². The van der Waals surface area contributed by atoms with E-state index in [-0.39, 0.29) is 24.1 Å². The van der Waals surface area contributed by atoms with Crippen molar-refractivity contribution in [3.63, 3.8) is 0 Å². The fourth-order valence-corrected chi connectivity index (χ4v) is 2.46. The van der Waals surface area contributed by atoms with Crippen LogP contribution in [0.5, 0.6) is 5.75 Å². The molecule has 2 rings (SSSR count). The van der Waals surface area contributed by atoms with Crippen molar-refractivity contribution in [1.29, 1.82) is 0 Å². The molecule has 0 saturated heterocycles. The van der Waals surface area contributed by atoms with Gasteiger partial charge < -0.3 is 15.0 Å². The average molecular weight is 368 g/mol. The molecule has 0 radical (unpaired) electrons. The van der Waals surface area contributed by atoms with Gasteiger partial charge in [-0.2, -0.15) is 0 Å². The molecule has 142 valence electrons. The summed E-state index contributed by atoms with van der Waals surface area (Å²) in [6, 6.07) is 14.0. The first kappa shape index (κ1) is 20.2. The Morgan fingerprint density at radius 2 is 1.63 bits per heavy atom. The van der Waals surface area contributed by atoms with E-state index in [1.165, 1.54) is 11.8 Å². The number of nitrogens with zero attached hydrogens (tertiary/aromatic N) is 1. The number of likely N-dealkylation sites (N-methyl/N-ethyl adjacent to an activating group) is 1. The molecule has 0 spiro atoms. The maximum Gasteiger partial charge on any atom is 0.263 e. The maximum absolute atomic E-state index is 12.4. The van der Waals surface area contributed by atoms with Crippen molar-refractivity contribution in [2.45, 2.75) is 26.9 Å². The second kappa shape index (κ2) is 8.98. The Bertz CT molecular complexity index is 813. The molecule has 2 aromatic rings. The van der Waals surface area contributed by atoms with Gasteiger partial charge in [0.05, 0.1) is 6.54 Å². The predicted octanol–water partition coefficient (Wildman–Crippen LogP) is 3.06. The van der Waals surface area contributed by atoms with E-state index in [1.807, 2.05) is 31.2 Å². The molecule has 0 fully saturated rings. The van der Waals surface area contributed by atoms with E-state index >= 15 is 0 Å². The fourth-order valence-electron chi connectivity index (χ4n) is 2.46. The van der Waals surface area contributed by atoms with Gasteiger partial charge in [-0.1, -0.05) is 17.7 Å². The molecule has 0 aliphatic heterocycles. The highest BCUT2D eigenvalue weighted by Gasteiger charge is 2.21. The minimum atomic E-state index is -0.759. The molecule has 0 unspecified atom stereocenters. The van der Waals surface area contributed by atoms with Crippen LogP contribution in [0.4, 0.5) is 5.69 Å². The van der Waals surface area contributed by atoms with E-state index in [0.717, 1.165) is 5.56 Å². The molecule has 0 heterocycles. The zero-order chi connectivity index (χ0) is 20.0. The van der Waals surface area contributed by atoms with Crippen molar-refractivity contribution in [2.75, 3.05) is 18.9 Å². The van der Waals surface area contributed by atoms with Crippen LogP contribution in [0.3, 0.4) is 0 Å². The highest BCUT2D eigenvalue weighted by molar-refractivity contribution is 5.95. The molecule has 0 aliphatic rings. The molecule has 0 aliphatic carbocycles. The number of carbonyl (C=O) groups excluding carboxylic acids is 3. The Morgan fingerprint density at radius 1 is 1.04 bits per heavy atom. The fraction of sp³-hybridized carbons (Fsp3) is 0.286. The standard InChI is InChI=1S/C21H24N2O4/c1-14-5-9-18(10-6-14)22-20(25)13-23(4)21(26)16(3)27-19-11-7-17(8-12-19)15(2)24/h5-12,16H,13H2,1-4H3,(H,22,25)/t16-/m1/s1. The van der Waals surface area contributed by atoms with Crippen LogP contribution in [0.2, 0.25) is 0 Å². The van der Waals surface area contributed by atoms with Crippen molar-refractivity contribution >= 4 is 23.3 Å². The van der Waals surface area contributed by atoms with Crippen LogP contribution in [-0.2, 0) is 9.59 Å². The number of amides is 2. The first-order chi connectivity index (χ1) is 12.8. The first-order valence-corrected chi connectivity index (χ1v) is 8.65. The van der Waals surface area contributed by atoms with E-state index in [9.17, 15) is 14.4 Å². The van der Waals surface area contributed by atoms with Gasteiger partial charge in [0.15, 0.2) is 11.9 Å². The molecule has 6 heteroatoms. The summed E-state index contributed by atoms with van der Waals surface area (Å²) in [5, 5.41) is 2.75. The van der Waals surface area contributed by atoms with E-state index < -0.39 is 6.10 Å². The van der Waals surface area contributed by atoms with Crippen LogP contribution in [0.1, 0.15) is 29.8 Å². The summed E-state index contributed by atoms with van der Waals surface area (Å²) in [6.07, 6.45) is -0.759. The van der Waals surface area contributed by atoms with Crippen LogP contribution in [0.15, 0.2) is 48.5 Å². The second-order valence-corrected chi connectivity index (χ2v) is 6.45. The number of benzene rings is 2. The SMILES string of the molecule is CC(=O)c1ccc(O[C@H](C)C(=O)N(C)CC(=O)Nc2ccc(C)cc2)cc1. The maximum atomic E-state index is 12.4. The Balaban J connectivity index is 1.88. The van der Waals surface area contributed by atoms with Crippen LogP contribution in [0.25, 0.3) is 0 Å². The van der Waals surface area contributed by atoms with E-state index in [0.29, 0.717) is 17.0 Å². The second-order valence-electron chi connectivity index (χ2n) is 6.45. The van der Waals surface area contributed by atoms with E-state index in [1.54, 1.807) is 38.2 Å². The number of nitrogens with one attached hydrogen (secondary N) is 1. The van der Waals surface area contributed by atoms with Crippen molar-refractivity contribution in [2.24, 2.45) is 0 Å². The van der Waals surface area contributed by atoms with Crippen molar-refractivity contribution in [3.05, 3.63) is 59.7 Å². The van der Waals surface area contributed by atoms with E-state index in [4.69, 9.17) is 4.74 Å². The molecule has 1 atom stereocenters. The third-order valence-corrected chi connectivity index (χ3v) is 4.01. The molecule has 0 bridgehead atoms. The number of ether oxygens (including phenoxy) is 1. The lowest BCUT2D eigenvalue weighted by Crippen LogP contribution is -2.41. The largest absolute Gasteiger partial charge is 0.481 e. The van der Waals surface area contributed by atoms with Crippen LogP contribution in [0, 0.1) is 6.92 Å². The van der Waals surface area contributed by atoms with Gasteiger partial charge in [-0.25, -0.2) is 0 Å². The minimum absolute atomic E-state index is 0.0370. The molecule has 2 amide bonds. The topological polar surface area (TPSA) is 75.7 Å². The number of hydrogen-bond acceptors (Lipinski definition) is 4. The average Bonchev–Trinajstić information content (AvgIpc) is 2.63. The molecular formula is C21H24N2O4. The lowest BCUT2D eigenvalue weighted by Gasteiger charge is -2.22. The molecule has 0 aromatic heterocycles. The summed E-state index contributed by atoms with van der Waals surface area (Å²) in [7, 11) is 1.55. The third-order valence-electron chi connectivity index (χ3n) is 4.01. The predicted molar refractivity (Wildman–Crippen MR) is 104 cm³/mol. The van der Waals surface area contributed by atoms with E-state index in [2.05, 4.69) is 5.32 Å². The quantitative estimate of drug-likeness (QED) is 0.762. The summed E-state index contributed by atoms with van der Waals surface area (Å²) in [4.78, 5) is 37.1. The number of ketones is 1. The summed E-state index contributed by atoms with van der Waals surface area (Å²) in [6.45, 7) is 4.99. The highest BCUT2D eigenvalue weighted by atomic mass is 16.5. The smallest absolute Gasteiger partial charge is 0.263 e. The summed E-state index contributed by atoms with van der Waals surface area (Å²) in [5.41, 5.74) is 2.36.